The summed E-state index contributed by atoms with van der Waals surface area (Å²) in [6, 6.07) is 23.8. The number of nitrogens with zero attached hydrogens (tertiary/aromatic N) is 2. The van der Waals surface area contributed by atoms with Crippen LogP contribution in [0.25, 0.3) is 21.5 Å². The minimum absolute atomic E-state index is 0.000999. The summed E-state index contributed by atoms with van der Waals surface area (Å²) < 4.78 is 89.9. The standard InChI is InChI=1S/C23H27F2NO3.C16H17NO3.C9H16F2O3S/c1-23(24,25)19-5-8-20(9-6-19)29-21-7-4-16-10-15(2-3-17(16)11-21)12-26-13-18(14-26)22(27)28;1-20-16(19)14-9-17(10-14)8-11-2-3-13-7-15(18)5-4-12(13)6-11;1-9(10,11)7-3-5-8(6-4-7)14-15(2,12)13/h2-4,7,10-11,18-20H,5-6,8-9,12-14H2,1H3,(H,27,28);2-7,14,18H,8-10H2,1H3;7-8H,3-6H2,1-2H3. The number of aromatic hydroxyl groups is 1. The van der Waals surface area contributed by atoms with Crippen LogP contribution in [0.3, 0.4) is 0 Å². The van der Waals surface area contributed by atoms with Gasteiger partial charge in [0.2, 0.25) is 11.8 Å². The minimum Gasteiger partial charge on any atom is -0.508 e. The molecule has 4 aromatic rings. The first kappa shape index (κ1) is 48.9. The third-order valence-corrected chi connectivity index (χ3v) is 13.4. The number of aliphatic carboxylic acids is 1. The van der Waals surface area contributed by atoms with Crippen molar-refractivity contribution in [3.63, 3.8) is 0 Å². The fourth-order valence-corrected chi connectivity index (χ4v) is 9.69. The number of likely N-dealkylation sites (tertiary alicyclic amines) is 2. The normalized spacial score (nSPS) is 22.6. The van der Waals surface area contributed by atoms with E-state index in [0.717, 1.165) is 79.1 Å². The Morgan fingerprint density at radius 1 is 0.656 bits per heavy atom. The van der Waals surface area contributed by atoms with E-state index in [4.69, 9.17) is 18.8 Å². The van der Waals surface area contributed by atoms with Gasteiger partial charge in [-0.1, -0.05) is 36.4 Å². The van der Waals surface area contributed by atoms with E-state index >= 15 is 0 Å². The summed E-state index contributed by atoms with van der Waals surface area (Å²) in [4.78, 5) is 26.6. The Hall–Kier alpha value is -4.51. The molecule has 2 aliphatic carbocycles. The number of ether oxygens (including phenoxy) is 2. The zero-order chi connectivity index (χ0) is 46.4. The molecular weight excluding hydrogens is 857 g/mol. The Morgan fingerprint density at radius 3 is 1.56 bits per heavy atom. The lowest BCUT2D eigenvalue weighted by atomic mass is 9.84. The van der Waals surface area contributed by atoms with Crippen LogP contribution < -0.4 is 4.74 Å². The molecule has 4 fully saturated rings. The van der Waals surface area contributed by atoms with E-state index in [0.29, 0.717) is 64.5 Å². The van der Waals surface area contributed by atoms with Crippen molar-refractivity contribution in [1.29, 1.82) is 0 Å². The number of benzene rings is 4. The van der Waals surface area contributed by atoms with Crippen molar-refractivity contribution in [2.45, 2.75) is 102 Å². The number of hydrogen-bond donors (Lipinski definition) is 2. The molecule has 0 unspecified atom stereocenters. The van der Waals surface area contributed by atoms with E-state index in [1.54, 1.807) is 12.1 Å². The van der Waals surface area contributed by atoms with Crippen LogP contribution in [0.2, 0.25) is 0 Å². The van der Waals surface area contributed by atoms with Crippen molar-refractivity contribution < 1.29 is 59.4 Å². The lowest BCUT2D eigenvalue weighted by molar-refractivity contribution is -0.151. The number of carbonyl (C=O) groups excluding carboxylic acids is 1. The van der Waals surface area contributed by atoms with Gasteiger partial charge < -0.3 is 19.7 Å². The van der Waals surface area contributed by atoms with Gasteiger partial charge in [-0.15, -0.1) is 0 Å². The third-order valence-electron chi connectivity index (χ3n) is 12.8. The van der Waals surface area contributed by atoms with Crippen LogP contribution in [0.5, 0.6) is 11.5 Å². The number of rotatable bonds is 12. The van der Waals surface area contributed by atoms with Crippen LogP contribution >= 0.6 is 0 Å². The fourth-order valence-electron chi connectivity index (χ4n) is 9.01. The van der Waals surface area contributed by atoms with Gasteiger partial charge in [-0.2, -0.15) is 8.42 Å². The molecule has 0 bridgehead atoms. The molecule has 2 saturated carbocycles. The maximum absolute atomic E-state index is 13.5. The molecule has 0 amide bonds. The predicted octanol–water partition coefficient (Wildman–Crippen LogP) is 9.28. The van der Waals surface area contributed by atoms with Crippen molar-refractivity contribution in [1.82, 2.24) is 9.80 Å². The molecule has 2 heterocycles. The van der Waals surface area contributed by atoms with E-state index in [9.17, 15) is 40.7 Å². The van der Waals surface area contributed by atoms with Crippen molar-refractivity contribution in [3.8, 4) is 11.5 Å². The number of phenols is 1. The van der Waals surface area contributed by atoms with Crippen LogP contribution in [0.1, 0.15) is 76.3 Å². The maximum Gasteiger partial charge on any atom is 0.311 e. The van der Waals surface area contributed by atoms with Gasteiger partial charge in [0.05, 0.1) is 37.4 Å². The molecule has 16 heteroatoms. The molecule has 64 heavy (non-hydrogen) atoms. The quantitative estimate of drug-likeness (QED) is 0.0798. The Labute approximate surface area is 372 Å². The lowest BCUT2D eigenvalue weighted by Crippen LogP contribution is -2.49. The fraction of sp³-hybridized carbons (Fsp3) is 0.542. The first-order valence-corrected chi connectivity index (χ1v) is 23.7. The molecule has 0 radical (unpaired) electrons. The SMILES string of the molecule is CC(F)(F)C1CCC(OS(C)(=O)=O)CC1.CC(F)(F)C1CCC(Oc2ccc3cc(CN4CC(C(=O)O)C4)ccc3c2)CC1.COC(=O)C1CN(Cc2ccc3cc(O)ccc3c2)C1. The van der Waals surface area contributed by atoms with Crippen LogP contribution in [0, 0.1) is 23.7 Å². The highest BCUT2D eigenvalue weighted by molar-refractivity contribution is 7.86. The molecule has 2 aliphatic heterocycles. The highest BCUT2D eigenvalue weighted by Crippen LogP contribution is 2.39. The minimum atomic E-state index is -3.46. The van der Waals surface area contributed by atoms with Gasteiger partial charge in [-0.3, -0.25) is 23.6 Å². The summed E-state index contributed by atoms with van der Waals surface area (Å²) >= 11 is 0. The zero-order valence-corrected chi connectivity index (χ0v) is 37.7. The van der Waals surface area contributed by atoms with Crippen molar-refractivity contribution in [3.05, 3.63) is 83.9 Å². The smallest absolute Gasteiger partial charge is 0.311 e. The highest BCUT2D eigenvalue weighted by atomic mass is 32.2. The molecule has 0 aromatic heterocycles. The number of esters is 1. The van der Waals surface area contributed by atoms with Gasteiger partial charge in [-0.25, -0.2) is 17.6 Å². The summed E-state index contributed by atoms with van der Waals surface area (Å²) in [5, 5.41) is 22.8. The topological polar surface area (TPSA) is 143 Å². The summed E-state index contributed by atoms with van der Waals surface area (Å²) in [5.74, 6) is -6.43. The molecule has 4 aromatic carbocycles. The zero-order valence-electron chi connectivity index (χ0n) is 36.9. The van der Waals surface area contributed by atoms with E-state index in [1.165, 1.54) is 12.7 Å². The van der Waals surface area contributed by atoms with E-state index in [1.807, 2.05) is 30.3 Å². The van der Waals surface area contributed by atoms with E-state index < -0.39 is 45.9 Å². The number of carboxylic acids is 1. The third kappa shape index (κ3) is 14.0. The van der Waals surface area contributed by atoms with E-state index in [2.05, 4.69) is 40.1 Å². The van der Waals surface area contributed by atoms with Gasteiger partial charge in [0.1, 0.15) is 11.5 Å². The molecule has 0 spiro atoms. The summed E-state index contributed by atoms with van der Waals surface area (Å²) in [6.07, 6.45) is 4.33. The Balaban J connectivity index is 0.000000170. The summed E-state index contributed by atoms with van der Waals surface area (Å²) in [5.41, 5.74) is 2.38. The average molecular weight is 917 g/mol. The molecule has 11 nitrogen and oxygen atoms in total. The summed E-state index contributed by atoms with van der Waals surface area (Å²) in [6.45, 7) is 6.26. The van der Waals surface area contributed by atoms with Gasteiger partial charge in [0, 0.05) is 51.1 Å². The monoisotopic (exact) mass is 916 g/mol. The summed E-state index contributed by atoms with van der Waals surface area (Å²) in [7, 11) is -2.03. The molecule has 2 N–H and O–H groups in total. The van der Waals surface area contributed by atoms with E-state index in [-0.39, 0.29) is 29.7 Å². The lowest BCUT2D eigenvalue weighted by Gasteiger charge is -2.37. The van der Waals surface area contributed by atoms with Crippen LogP contribution in [-0.4, -0.2) is 104 Å². The van der Waals surface area contributed by atoms with Crippen molar-refractivity contribution in [2.75, 3.05) is 39.5 Å². The largest absolute Gasteiger partial charge is 0.508 e. The maximum atomic E-state index is 13.5. The first-order valence-electron chi connectivity index (χ1n) is 21.9. The number of carbonyl (C=O) groups is 2. The molecular formula is C48H60F4N2O9S. The molecule has 0 atom stereocenters. The van der Waals surface area contributed by atoms with Gasteiger partial charge in [-0.05, 0) is 134 Å². The Bertz CT molecular complexity index is 2330. The molecule has 350 valence electrons. The predicted molar refractivity (Wildman–Crippen MR) is 236 cm³/mol. The number of methoxy groups -OCH3 is 1. The van der Waals surface area contributed by atoms with Gasteiger partial charge >= 0.3 is 11.9 Å². The second-order valence-corrected chi connectivity index (χ2v) is 19.7. The molecule has 2 saturated heterocycles. The van der Waals surface area contributed by atoms with Crippen LogP contribution in [-0.2, 0) is 41.7 Å². The van der Waals surface area contributed by atoms with Crippen molar-refractivity contribution >= 4 is 43.6 Å². The van der Waals surface area contributed by atoms with Crippen LogP contribution in [0.15, 0.2) is 72.8 Å². The number of halogens is 4. The second-order valence-electron chi connectivity index (χ2n) is 18.1. The number of phenolic OH excluding ortho intramolecular Hbond substituents is 1. The number of fused-ring (bicyclic) bond motifs is 2. The second kappa shape index (κ2) is 20.8. The van der Waals surface area contributed by atoms with Gasteiger partial charge in [0.25, 0.3) is 10.1 Å². The first-order chi connectivity index (χ1) is 30.1. The number of alkyl halides is 4. The number of carboxylic acid groups (broad SMARTS) is 1. The average Bonchev–Trinajstić information content (AvgIpc) is 3.19. The Kier molecular flexibility index (Phi) is 15.9. The highest BCUT2D eigenvalue weighted by Gasteiger charge is 2.39. The molecule has 8 rings (SSSR count). The molecule has 4 aliphatic rings. The van der Waals surface area contributed by atoms with Gasteiger partial charge in [0.15, 0.2) is 0 Å². The number of hydrogen-bond acceptors (Lipinski definition) is 10. The van der Waals surface area contributed by atoms with Crippen LogP contribution in [0.4, 0.5) is 17.6 Å². The van der Waals surface area contributed by atoms with Crippen molar-refractivity contribution in [2.24, 2.45) is 23.7 Å². The Morgan fingerprint density at radius 2 is 1.09 bits per heavy atom.